The number of nitrogens with zero attached hydrogens (tertiary/aromatic N) is 1. The minimum absolute atomic E-state index is 0.0422. The van der Waals surface area contributed by atoms with E-state index < -0.39 is 0 Å². The van der Waals surface area contributed by atoms with Crippen LogP contribution in [0.4, 0.5) is 5.69 Å². The van der Waals surface area contributed by atoms with Gasteiger partial charge in [-0.25, -0.2) is 0 Å². The Labute approximate surface area is 191 Å². The summed E-state index contributed by atoms with van der Waals surface area (Å²) in [6.45, 7) is 0. The predicted octanol–water partition coefficient (Wildman–Crippen LogP) is 4.54. The summed E-state index contributed by atoms with van der Waals surface area (Å²) in [5.74, 6) is 1.33. The fourth-order valence-corrected chi connectivity index (χ4v) is 7.22. The maximum absolute atomic E-state index is 13.3. The van der Waals surface area contributed by atoms with Crippen LogP contribution in [0.15, 0.2) is 30.4 Å². The zero-order chi connectivity index (χ0) is 21.4. The van der Waals surface area contributed by atoms with Crippen LogP contribution < -0.4 is 5.32 Å². The summed E-state index contributed by atoms with van der Waals surface area (Å²) in [5, 5.41) is 3.82. The molecule has 0 aromatic heterocycles. The zero-order valence-corrected chi connectivity index (χ0v) is 18.5. The second-order valence-electron chi connectivity index (χ2n) is 9.82. The third-order valence-electron chi connectivity index (χ3n) is 8.32. The Bertz CT molecular complexity index is 980. The number of carbonyl (C=O) groups is 3. The molecule has 31 heavy (non-hydrogen) atoms. The molecule has 1 aliphatic heterocycles. The highest BCUT2D eigenvalue weighted by Gasteiger charge is 2.67. The third-order valence-corrected chi connectivity index (χ3v) is 8.87. The van der Waals surface area contributed by atoms with Gasteiger partial charge in [0.1, 0.15) is 0 Å². The zero-order valence-electron chi connectivity index (χ0n) is 17.0. The molecule has 162 valence electrons. The number of imide groups is 1. The van der Waals surface area contributed by atoms with Crippen molar-refractivity contribution in [2.45, 2.75) is 38.1 Å². The average molecular weight is 459 g/mol. The average Bonchev–Trinajstić information content (AvgIpc) is 3.54. The van der Waals surface area contributed by atoms with Crippen LogP contribution in [0.25, 0.3) is 0 Å². The molecule has 7 heteroatoms. The van der Waals surface area contributed by atoms with Crippen molar-refractivity contribution in [3.63, 3.8) is 0 Å². The number of rotatable bonds is 3. The lowest BCUT2D eigenvalue weighted by Gasteiger charge is -2.37. The van der Waals surface area contributed by atoms with Crippen molar-refractivity contribution in [2.75, 3.05) is 5.32 Å². The highest BCUT2D eigenvalue weighted by molar-refractivity contribution is 6.36. The molecule has 2 bridgehead atoms. The monoisotopic (exact) mass is 458 g/mol. The van der Waals surface area contributed by atoms with Gasteiger partial charge in [-0.1, -0.05) is 35.4 Å². The van der Waals surface area contributed by atoms with Gasteiger partial charge in [-0.05, 0) is 74.0 Å². The predicted molar refractivity (Wildman–Crippen MR) is 117 cm³/mol. The number of anilines is 1. The molecule has 7 rings (SSSR count). The molecule has 3 saturated carbocycles. The first-order chi connectivity index (χ1) is 14.9. The second kappa shape index (κ2) is 7.08. The largest absolute Gasteiger partial charge is 0.325 e. The second-order valence-corrected chi connectivity index (χ2v) is 10.7. The van der Waals surface area contributed by atoms with Crippen LogP contribution in [0.2, 0.25) is 10.0 Å². The first-order valence-corrected chi connectivity index (χ1v) is 12.0. The minimum Gasteiger partial charge on any atom is -0.325 e. The van der Waals surface area contributed by atoms with Crippen molar-refractivity contribution in [1.29, 1.82) is 0 Å². The van der Waals surface area contributed by atoms with Crippen LogP contribution in [0, 0.1) is 41.4 Å². The van der Waals surface area contributed by atoms with Gasteiger partial charge in [0, 0.05) is 17.0 Å². The molecule has 1 saturated heterocycles. The molecule has 3 amide bonds. The van der Waals surface area contributed by atoms with E-state index in [1.54, 1.807) is 23.1 Å². The summed E-state index contributed by atoms with van der Waals surface area (Å²) in [5.41, 5.74) is 0.550. The van der Waals surface area contributed by atoms with E-state index >= 15 is 0 Å². The first kappa shape index (κ1) is 19.8. The summed E-state index contributed by atoms with van der Waals surface area (Å²) >= 11 is 12.1. The molecule has 5 nitrogen and oxygen atoms in total. The van der Waals surface area contributed by atoms with Gasteiger partial charge in [0.15, 0.2) is 0 Å². The molecule has 6 atom stereocenters. The fourth-order valence-electron chi connectivity index (χ4n) is 6.76. The normalized spacial score (nSPS) is 40.0. The van der Waals surface area contributed by atoms with Crippen molar-refractivity contribution >= 4 is 46.6 Å². The summed E-state index contributed by atoms with van der Waals surface area (Å²) in [7, 11) is 0. The molecular weight excluding hydrogens is 435 g/mol. The Balaban J connectivity index is 1.11. The molecule has 6 aliphatic rings. The summed E-state index contributed by atoms with van der Waals surface area (Å²) in [6.07, 6.45) is 8.26. The van der Waals surface area contributed by atoms with Gasteiger partial charge in [0.2, 0.25) is 17.7 Å². The minimum atomic E-state index is -0.149. The van der Waals surface area contributed by atoms with Crippen LogP contribution >= 0.6 is 23.2 Å². The molecule has 1 aromatic rings. The van der Waals surface area contributed by atoms with Crippen LogP contribution in [0.1, 0.15) is 32.1 Å². The number of allylic oxidation sites excluding steroid dienone is 2. The topological polar surface area (TPSA) is 66.5 Å². The molecule has 1 N–H and O–H groups in total. The highest BCUT2D eigenvalue weighted by Crippen LogP contribution is 2.65. The number of hydrogen-bond donors (Lipinski definition) is 1. The fraction of sp³-hybridized carbons (Fsp3) is 0.542. The van der Waals surface area contributed by atoms with Gasteiger partial charge in [-0.15, -0.1) is 0 Å². The van der Waals surface area contributed by atoms with E-state index in [-0.39, 0.29) is 53.4 Å². The maximum Gasteiger partial charge on any atom is 0.233 e. The van der Waals surface area contributed by atoms with E-state index in [1.165, 1.54) is 6.42 Å². The van der Waals surface area contributed by atoms with Gasteiger partial charge >= 0.3 is 0 Å². The van der Waals surface area contributed by atoms with E-state index in [2.05, 4.69) is 17.5 Å². The lowest BCUT2D eigenvalue weighted by atomic mass is 9.63. The molecule has 0 spiro atoms. The van der Waals surface area contributed by atoms with E-state index in [0.717, 1.165) is 0 Å². The molecule has 4 fully saturated rings. The van der Waals surface area contributed by atoms with Crippen molar-refractivity contribution in [3.05, 3.63) is 40.4 Å². The van der Waals surface area contributed by atoms with Crippen LogP contribution in [0.3, 0.4) is 0 Å². The van der Waals surface area contributed by atoms with E-state index in [9.17, 15) is 14.4 Å². The molecule has 1 aromatic carbocycles. The van der Waals surface area contributed by atoms with Gasteiger partial charge in [0.05, 0.1) is 22.5 Å². The highest BCUT2D eigenvalue weighted by atomic mass is 35.5. The van der Waals surface area contributed by atoms with Crippen LogP contribution in [-0.2, 0) is 14.4 Å². The molecule has 0 unspecified atom stereocenters. The van der Waals surface area contributed by atoms with E-state index in [4.69, 9.17) is 23.2 Å². The molecule has 5 aliphatic carbocycles. The standard InChI is InChI=1S/C24H24Cl2N2O3/c25-12-3-8-19(18(26)9-12)27-22(29)11-1-4-13(5-2-11)28-23(30)20-14-6-7-15(17-10-16(14)17)21(20)24(28)31/h3,6-9,11,13-17,20-21H,1-2,4-5,10H2,(H,27,29)/t11?,13?,14-,15-,16-,17+,20+,21+/m0/s1. The Morgan fingerprint density at radius 2 is 1.55 bits per heavy atom. The van der Waals surface area contributed by atoms with Crippen LogP contribution in [-0.4, -0.2) is 28.7 Å². The van der Waals surface area contributed by atoms with Crippen LogP contribution in [0.5, 0.6) is 0 Å². The van der Waals surface area contributed by atoms with E-state index in [0.29, 0.717) is 53.3 Å². The van der Waals surface area contributed by atoms with Crippen molar-refractivity contribution in [2.24, 2.45) is 41.4 Å². The number of likely N-dealkylation sites (tertiary alicyclic amines) is 1. The van der Waals surface area contributed by atoms with Gasteiger partial charge < -0.3 is 5.32 Å². The third kappa shape index (κ3) is 3.00. The number of benzene rings is 1. The molecular formula is C24H24Cl2N2O3. The SMILES string of the molecule is O=C(Nc1ccc(Cl)cc1Cl)C1CCC(N2C(=O)[C@@H]3[C@H]4C=C[C@@H]([C@@H]5C[C@H]45)[C@H]3C2=O)CC1. The number of hydrogen-bond acceptors (Lipinski definition) is 3. The van der Waals surface area contributed by atoms with Gasteiger partial charge in [-0.2, -0.15) is 0 Å². The van der Waals surface area contributed by atoms with Gasteiger partial charge in [0.25, 0.3) is 0 Å². The van der Waals surface area contributed by atoms with Crippen molar-refractivity contribution < 1.29 is 14.4 Å². The molecule has 0 radical (unpaired) electrons. The Morgan fingerprint density at radius 3 is 2.13 bits per heavy atom. The number of amides is 3. The Morgan fingerprint density at radius 1 is 0.935 bits per heavy atom. The Hall–Kier alpha value is -1.85. The summed E-state index contributed by atoms with van der Waals surface area (Å²) < 4.78 is 0. The Kier molecular flexibility index (Phi) is 4.52. The van der Waals surface area contributed by atoms with Crippen molar-refractivity contribution in [3.8, 4) is 0 Å². The maximum atomic E-state index is 13.3. The van der Waals surface area contributed by atoms with Crippen molar-refractivity contribution in [1.82, 2.24) is 4.90 Å². The summed E-state index contributed by atoms with van der Waals surface area (Å²) in [4.78, 5) is 40.9. The lowest BCUT2D eigenvalue weighted by Crippen LogP contribution is -2.44. The number of nitrogens with one attached hydrogen (secondary N) is 1. The smallest absolute Gasteiger partial charge is 0.233 e. The lowest BCUT2D eigenvalue weighted by molar-refractivity contribution is -0.144. The number of carbonyl (C=O) groups excluding carboxylic acids is 3. The first-order valence-electron chi connectivity index (χ1n) is 11.2. The number of halogens is 2. The van der Waals surface area contributed by atoms with E-state index in [1.807, 2.05) is 0 Å². The van der Waals surface area contributed by atoms with Gasteiger partial charge in [-0.3, -0.25) is 19.3 Å². The summed E-state index contributed by atoms with van der Waals surface area (Å²) in [6, 6.07) is 4.91. The quantitative estimate of drug-likeness (QED) is 0.533. The molecule has 1 heterocycles.